The number of rotatable bonds is 36. The van der Waals surface area contributed by atoms with Crippen molar-refractivity contribution >= 4 is 64.5 Å². The van der Waals surface area contributed by atoms with Crippen molar-refractivity contribution in [3.63, 3.8) is 0 Å². The van der Waals surface area contributed by atoms with Crippen LogP contribution in [-0.4, -0.2) is 130 Å². The normalized spacial score (nSPS) is 20.6. The third kappa shape index (κ3) is 19.7. The van der Waals surface area contributed by atoms with E-state index in [1.807, 2.05) is 13.8 Å². The Bertz CT molecular complexity index is 2580. The lowest BCUT2D eigenvalue weighted by molar-refractivity contribution is -0.137. The monoisotopic (exact) mass is 1130 g/mol. The fraction of sp³-hybridized carbons (Fsp3) is 0.681. The first kappa shape index (κ1) is 62.7. The summed E-state index contributed by atoms with van der Waals surface area (Å²) in [7, 11) is -16.5. The lowest BCUT2D eigenvalue weighted by Gasteiger charge is -2.30. The maximum atomic E-state index is 13.1. The van der Waals surface area contributed by atoms with Gasteiger partial charge in [0, 0.05) is 36.8 Å². The van der Waals surface area contributed by atoms with Crippen LogP contribution in [0.15, 0.2) is 36.9 Å². The molecule has 3 heterocycles. The number of ketones is 1. The number of aromatic nitrogens is 4. The van der Waals surface area contributed by atoms with Crippen LogP contribution in [0.3, 0.4) is 0 Å². The smallest absolute Gasteiger partial charge is 0.461 e. The van der Waals surface area contributed by atoms with E-state index in [2.05, 4.69) is 58.7 Å². The van der Waals surface area contributed by atoms with Gasteiger partial charge in [0.1, 0.15) is 47.6 Å². The molecule has 29 heteroatoms. The number of Topliss-reactive ketones (excluding diaryl/α,β-unsaturated/α-hetero) is 1. The second kappa shape index (κ2) is 27.7. The van der Waals surface area contributed by atoms with Crippen molar-refractivity contribution < 1.29 is 90.0 Å². The number of aryl methyl sites for hydroxylation is 2. The first-order valence-corrected chi connectivity index (χ1v) is 29.8. The Balaban J connectivity index is 0.932. The van der Waals surface area contributed by atoms with E-state index in [0.717, 1.165) is 101 Å². The van der Waals surface area contributed by atoms with Gasteiger partial charge in [0.05, 0.1) is 19.5 Å². The molecular weight excluding hydrogens is 1060 g/mol. The van der Waals surface area contributed by atoms with Crippen LogP contribution in [-0.2, 0) is 73.1 Å². The Morgan fingerprint density at radius 2 is 1.53 bits per heavy atom. The summed E-state index contributed by atoms with van der Waals surface area (Å²) in [6.07, 6.45) is 7.32. The van der Waals surface area contributed by atoms with Crippen molar-refractivity contribution in [3.05, 3.63) is 48.0 Å². The predicted octanol–water partition coefficient (Wildman–Crippen LogP) is 4.78. The number of ether oxygens (including phenoxy) is 2. The van der Waals surface area contributed by atoms with E-state index in [0.29, 0.717) is 12.9 Å². The summed E-state index contributed by atoms with van der Waals surface area (Å²) in [5.41, 5.74) is 6.21. The number of aliphatic hydroxyl groups excluding tert-OH is 2. The molecular formula is C47H74N7O19P3. The first-order chi connectivity index (χ1) is 35.7. The minimum Gasteiger partial charge on any atom is -0.461 e. The van der Waals surface area contributed by atoms with Gasteiger partial charge in [-0.3, -0.25) is 37.3 Å². The van der Waals surface area contributed by atoms with Crippen molar-refractivity contribution in [3.8, 4) is 0 Å². The van der Waals surface area contributed by atoms with Crippen molar-refractivity contribution in [1.29, 1.82) is 0 Å². The van der Waals surface area contributed by atoms with E-state index >= 15 is 0 Å². The zero-order valence-corrected chi connectivity index (χ0v) is 46.0. The average molecular weight is 1130 g/mol. The van der Waals surface area contributed by atoms with Crippen LogP contribution in [0, 0.1) is 10.8 Å². The molecule has 3 aromatic rings. The molecule has 26 nitrogen and oxygen atoms in total. The molecule has 2 fully saturated rings. The molecule has 7 unspecified atom stereocenters. The fourth-order valence-corrected chi connectivity index (χ4v) is 11.6. The number of phosphoric ester groups is 3. The number of aliphatic hydroxyl groups is 2. The summed E-state index contributed by atoms with van der Waals surface area (Å²) in [5.74, 6) is -1.48. The van der Waals surface area contributed by atoms with Gasteiger partial charge in [0.2, 0.25) is 11.8 Å². The highest BCUT2D eigenvalue weighted by molar-refractivity contribution is 7.61. The van der Waals surface area contributed by atoms with Gasteiger partial charge in [0.25, 0.3) is 6.47 Å². The summed E-state index contributed by atoms with van der Waals surface area (Å²) < 4.78 is 67.9. The largest absolute Gasteiger partial charge is 0.481 e. The van der Waals surface area contributed by atoms with E-state index < -0.39 is 90.0 Å². The van der Waals surface area contributed by atoms with Crippen molar-refractivity contribution in [2.75, 3.05) is 32.0 Å². The molecule has 2 amide bonds. The molecule has 0 bridgehead atoms. The molecule has 2 aromatic heterocycles. The second-order valence-electron chi connectivity index (χ2n) is 20.7. The molecule has 10 N–H and O–H groups in total. The average Bonchev–Trinajstić information content (AvgIpc) is 3.86. The third-order valence-corrected chi connectivity index (χ3v) is 16.6. The van der Waals surface area contributed by atoms with Crippen LogP contribution in [0.1, 0.15) is 135 Å². The summed E-state index contributed by atoms with van der Waals surface area (Å²) in [6.45, 7) is 4.73. The zero-order valence-electron chi connectivity index (χ0n) is 43.3. The Morgan fingerprint density at radius 3 is 2.17 bits per heavy atom. The van der Waals surface area contributed by atoms with Gasteiger partial charge in [-0.25, -0.2) is 28.6 Å². The number of hydrogen-bond acceptors (Lipinski definition) is 19. The number of carbonyl (C=O) groups excluding carboxylic acids is 4. The molecule has 1 saturated heterocycles. The number of nitrogen functional groups attached to an aromatic ring is 1. The highest BCUT2D eigenvalue weighted by Gasteiger charge is 2.50. The Kier molecular flexibility index (Phi) is 22.8. The Labute approximate surface area is 441 Å². The van der Waals surface area contributed by atoms with E-state index in [4.69, 9.17) is 24.3 Å². The number of carbonyl (C=O) groups is 4. The van der Waals surface area contributed by atoms with E-state index in [1.54, 1.807) is 0 Å². The van der Waals surface area contributed by atoms with Gasteiger partial charge in [-0.15, -0.1) is 0 Å². The van der Waals surface area contributed by atoms with Crippen LogP contribution in [0.25, 0.3) is 11.2 Å². The van der Waals surface area contributed by atoms with Gasteiger partial charge in [0.15, 0.2) is 17.7 Å². The molecule has 426 valence electrons. The number of phosphoric acid groups is 3. The molecule has 1 aromatic carbocycles. The minimum atomic E-state index is -5.60. The Hall–Kier alpha value is -4.10. The van der Waals surface area contributed by atoms with Gasteiger partial charge < -0.3 is 55.6 Å². The highest BCUT2D eigenvalue weighted by atomic mass is 31.3. The van der Waals surface area contributed by atoms with E-state index in [9.17, 15) is 62.7 Å². The maximum absolute atomic E-state index is 13.1. The SMILES string of the molecule is CC(C)(CCCCCCc1cccc(CCCCCCC2(OC=O)CC2)c1)C(=O)CCNC(=O)CCNC(=O)C(O)C(C)(C)COP(=O)(O)OP(=O)(O)OCC1OC(n2cnc3c(N)ncnc32)C(O)C1OP(=O)(O)O. The van der Waals surface area contributed by atoms with E-state index in [-0.39, 0.29) is 54.3 Å². The Morgan fingerprint density at radius 1 is 0.895 bits per heavy atom. The van der Waals surface area contributed by atoms with Gasteiger partial charge in [-0.1, -0.05) is 84.1 Å². The number of unbranched alkanes of at least 4 members (excludes halogenated alkanes) is 6. The van der Waals surface area contributed by atoms with E-state index in [1.165, 1.54) is 25.0 Å². The van der Waals surface area contributed by atoms with Crippen LogP contribution in [0.2, 0.25) is 0 Å². The standard InChI is InChI=1S/C47H74N7O19P3/c1-45(2,20-11-7-5-9-14-32-16-13-17-33(26-32)15-10-6-8-12-21-47(22-23-47)68-31-55)35(56)18-24-49-36(57)19-25-50-43(60)40(59)46(3,4)28-70-76(66,67)73-75(64,65)69-27-34-39(72-74(61,62)63)38(58)44(71-34)54-30-53-37-41(48)51-29-52-42(37)54/h13,16-17,26,29-31,34,38-40,44,58-59H,5-12,14-15,18-25,27-28H2,1-4H3,(H,49,57)(H,50,60)(H,64,65)(H,66,67)(H2,48,51,52)(H2,61,62,63). The van der Waals surface area contributed by atoms with Crippen LogP contribution < -0.4 is 16.4 Å². The van der Waals surface area contributed by atoms with Crippen LogP contribution in [0.4, 0.5) is 5.82 Å². The second-order valence-corrected chi connectivity index (χ2v) is 24.9. The molecule has 1 aliphatic carbocycles. The number of fused-ring (bicyclic) bond motifs is 1. The highest BCUT2D eigenvalue weighted by Crippen LogP contribution is 2.61. The molecule has 1 saturated carbocycles. The number of benzene rings is 1. The van der Waals surface area contributed by atoms with Gasteiger partial charge >= 0.3 is 23.5 Å². The minimum absolute atomic E-state index is 0.0117. The lowest BCUT2D eigenvalue weighted by Crippen LogP contribution is -2.46. The summed E-state index contributed by atoms with van der Waals surface area (Å²) in [5, 5.41) is 26.7. The van der Waals surface area contributed by atoms with Gasteiger partial charge in [-0.2, -0.15) is 4.31 Å². The zero-order chi connectivity index (χ0) is 56.0. The van der Waals surface area contributed by atoms with Crippen molar-refractivity contribution in [1.82, 2.24) is 30.2 Å². The molecule has 0 spiro atoms. The number of nitrogens with zero attached hydrogens (tertiary/aromatic N) is 4. The lowest BCUT2D eigenvalue weighted by atomic mass is 9.81. The van der Waals surface area contributed by atoms with Gasteiger partial charge in [-0.05, 0) is 68.9 Å². The summed E-state index contributed by atoms with van der Waals surface area (Å²) >= 11 is 0. The summed E-state index contributed by atoms with van der Waals surface area (Å²) in [6, 6.07) is 8.78. The molecule has 5 rings (SSSR count). The van der Waals surface area contributed by atoms with Crippen LogP contribution in [0.5, 0.6) is 0 Å². The topological polar surface area (TPSA) is 390 Å². The van der Waals surface area contributed by atoms with Crippen molar-refractivity contribution in [2.24, 2.45) is 10.8 Å². The number of nitrogens with one attached hydrogen (secondary N) is 2. The molecule has 1 aliphatic heterocycles. The quantitative estimate of drug-likeness (QED) is 0.0215. The fourth-order valence-electron chi connectivity index (χ4n) is 8.72. The third-order valence-electron chi connectivity index (χ3n) is 13.5. The molecule has 76 heavy (non-hydrogen) atoms. The van der Waals surface area contributed by atoms with Crippen molar-refractivity contribution in [2.45, 2.75) is 167 Å². The molecule has 2 aliphatic rings. The predicted molar refractivity (Wildman–Crippen MR) is 272 cm³/mol. The number of anilines is 1. The van der Waals surface area contributed by atoms with Crippen LogP contribution >= 0.6 is 23.5 Å². The summed E-state index contributed by atoms with van der Waals surface area (Å²) in [4.78, 5) is 100. The molecule has 7 atom stereocenters. The first-order valence-electron chi connectivity index (χ1n) is 25.3. The number of imidazole rings is 1. The number of amides is 2. The number of nitrogens with two attached hydrogens (primary N) is 1. The number of hydrogen-bond donors (Lipinski definition) is 9. The molecule has 0 radical (unpaired) electrons. The maximum Gasteiger partial charge on any atom is 0.481 e.